The maximum atomic E-state index is 12.1. The maximum Gasteiger partial charge on any atom is 0.240 e. The molecule has 0 saturated carbocycles. The molecule has 2 N–H and O–H groups in total. The number of aryl methyl sites for hydroxylation is 1. The predicted octanol–water partition coefficient (Wildman–Crippen LogP) is 1.40. The Morgan fingerprint density at radius 1 is 1.47 bits per heavy atom. The lowest BCUT2D eigenvalue weighted by Gasteiger charge is -2.12. The molecule has 1 heterocycles. The molecule has 1 saturated heterocycles. The third-order valence-corrected chi connectivity index (χ3v) is 5.23. The summed E-state index contributed by atoms with van der Waals surface area (Å²) >= 11 is 3.36. The summed E-state index contributed by atoms with van der Waals surface area (Å²) in [5, 5.41) is 3.13. The third kappa shape index (κ3) is 3.07. The third-order valence-electron chi connectivity index (χ3n) is 2.82. The second-order valence-electron chi connectivity index (χ2n) is 4.22. The van der Waals surface area contributed by atoms with Crippen LogP contribution in [0.4, 0.5) is 0 Å². The topological polar surface area (TPSA) is 58.2 Å². The van der Waals surface area contributed by atoms with E-state index in [0.717, 1.165) is 23.0 Å². The molecule has 94 valence electrons. The van der Waals surface area contributed by atoms with Gasteiger partial charge in [-0.1, -0.05) is 15.9 Å². The van der Waals surface area contributed by atoms with Crippen molar-refractivity contribution in [3.63, 3.8) is 0 Å². The van der Waals surface area contributed by atoms with Gasteiger partial charge in [0.25, 0.3) is 0 Å². The van der Waals surface area contributed by atoms with Crippen molar-refractivity contribution in [3.8, 4) is 0 Å². The first-order chi connectivity index (χ1) is 7.99. The van der Waals surface area contributed by atoms with Crippen molar-refractivity contribution in [1.29, 1.82) is 0 Å². The maximum absolute atomic E-state index is 12.1. The summed E-state index contributed by atoms with van der Waals surface area (Å²) in [6, 6.07) is 5.05. The van der Waals surface area contributed by atoms with Crippen LogP contribution in [0.25, 0.3) is 0 Å². The van der Waals surface area contributed by atoms with Gasteiger partial charge in [-0.3, -0.25) is 0 Å². The van der Waals surface area contributed by atoms with E-state index in [2.05, 4.69) is 26.0 Å². The molecular weight excluding hydrogens is 304 g/mol. The Morgan fingerprint density at radius 2 is 2.24 bits per heavy atom. The fourth-order valence-corrected chi connectivity index (χ4v) is 3.43. The standard InChI is InChI=1S/C11H15BrN2O2S/c1-8-6-10(2-3-11(8)12)17(15,16)14-9-4-5-13-7-9/h2-3,6,9,13-14H,4-5,7H2,1H3. The van der Waals surface area contributed by atoms with E-state index in [1.807, 2.05) is 6.92 Å². The summed E-state index contributed by atoms with van der Waals surface area (Å²) < 4.78 is 27.8. The number of benzene rings is 1. The van der Waals surface area contributed by atoms with E-state index in [-0.39, 0.29) is 6.04 Å². The van der Waals surface area contributed by atoms with E-state index in [1.165, 1.54) is 0 Å². The summed E-state index contributed by atoms with van der Waals surface area (Å²) in [7, 11) is -3.39. The molecular formula is C11H15BrN2O2S. The van der Waals surface area contributed by atoms with Gasteiger partial charge in [0.2, 0.25) is 10.0 Å². The van der Waals surface area contributed by atoms with Crippen LogP contribution in [-0.4, -0.2) is 27.5 Å². The Hall–Kier alpha value is -0.430. The van der Waals surface area contributed by atoms with Crippen LogP contribution in [-0.2, 0) is 10.0 Å². The molecule has 1 aromatic rings. The number of hydrogen-bond donors (Lipinski definition) is 2. The minimum absolute atomic E-state index is 0.00366. The van der Waals surface area contributed by atoms with Crippen molar-refractivity contribution >= 4 is 26.0 Å². The number of halogens is 1. The van der Waals surface area contributed by atoms with E-state index >= 15 is 0 Å². The van der Waals surface area contributed by atoms with Crippen molar-refractivity contribution < 1.29 is 8.42 Å². The van der Waals surface area contributed by atoms with E-state index in [9.17, 15) is 8.42 Å². The molecule has 1 fully saturated rings. The second kappa shape index (κ2) is 5.06. The molecule has 1 atom stereocenters. The average molecular weight is 319 g/mol. The smallest absolute Gasteiger partial charge is 0.240 e. The van der Waals surface area contributed by atoms with E-state index < -0.39 is 10.0 Å². The highest BCUT2D eigenvalue weighted by molar-refractivity contribution is 9.10. The van der Waals surface area contributed by atoms with Crippen LogP contribution in [0, 0.1) is 6.92 Å². The van der Waals surface area contributed by atoms with Gasteiger partial charge in [-0.05, 0) is 43.7 Å². The lowest BCUT2D eigenvalue weighted by molar-refractivity contribution is 0.560. The lowest BCUT2D eigenvalue weighted by Crippen LogP contribution is -2.36. The highest BCUT2D eigenvalue weighted by atomic mass is 79.9. The van der Waals surface area contributed by atoms with Crippen molar-refractivity contribution in [2.24, 2.45) is 0 Å². The molecule has 0 amide bonds. The van der Waals surface area contributed by atoms with Gasteiger partial charge < -0.3 is 5.32 Å². The van der Waals surface area contributed by atoms with Crippen molar-refractivity contribution in [1.82, 2.24) is 10.0 Å². The van der Waals surface area contributed by atoms with Gasteiger partial charge in [0.1, 0.15) is 0 Å². The minimum atomic E-state index is -3.39. The Labute approximate surface area is 110 Å². The average Bonchev–Trinajstić information content (AvgIpc) is 2.73. The first-order valence-corrected chi connectivity index (χ1v) is 7.76. The van der Waals surface area contributed by atoms with Crippen molar-refractivity contribution in [3.05, 3.63) is 28.2 Å². The second-order valence-corrected chi connectivity index (χ2v) is 6.79. The highest BCUT2D eigenvalue weighted by Gasteiger charge is 2.22. The van der Waals surface area contributed by atoms with Gasteiger partial charge in [0.15, 0.2) is 0 Å². The molecule has 0 spiro atoms. The molecule has 0 aliphatic carbocycles. The van der Waals surface area contributed by atoms with Gasteiger partial charge >= 0.3 is 0 Å². The van der Waals surface area contributed by atoms with Gasteiger partial charge in [-0.15, -0.1) is 0 Å². The molecule has 6 heteroatoms. The molecule has 1 aromatic carbocycles. The van der Waals surface area contributed by atoms with Gasteiger partial charge in [-0.25, -0.2) is 13.1 Å². The number of sulfonamides is 1. The molecule has 2 rings (SSSR count). The van der Waals surface area contributed by atoms with Crippen LogP contribution in [0.5, 0.6) is 0 Å². The summed E-state index contributed by atoms with van der Waals surface area (Å²) in [5.74, 6) is 0. The van der Waals surface area contributed by atoms with Gasteiger partial charge in [0.05, 0.1) is 4.90 Å². The molecule has 4 nitrogen and oxygen atoms in total. The Bertz CT molecular complexity index is 510. The molecule has 0 bridgehead atoms. The largest absolute Gasteiger partial charge is 0.315 e. The van der Waals surface area contributed by atoms with Crippen LogP contribution in [0.1, 0.15) is 12.0 Å². The number of hydrogen-bond acceptors (Lipinski definition) is 3. The highest BCUT2D eigenvalue weighted by Crippen LogP contribution is 2.20. The quantitative estimate of drug-likeness (QED) is 0.885. The van der Waals surface area contributed by atoms with Crippen LogP contribution < -0.4 is 10.0 Å². The first-order valence-electron chi connectivity index (χ1n) is 5.48. The van der Waals surface area contributed by atoms with E-state index in [4.69, 9.17) is 0 Å². The molecule has 1 unspecified atom stereocenters. The summed E-state index contributed by atoms with van der Waals surface area (Å²) in [4.78, 5) is 0.324. The fourth-order valence-electron chi connectivity index (χ4n) is 1.83. The fraction of sp³-hybridized carbons (Fsp3) is 0.455. The Morgan fingerprint density at radius 3 is 2.82 bits per heavy atom. The normalized spacial score (nSPS) is 20.7. The lowest BCUT2D eigenvalue weighted by atomic mass is 10.2. The molecule has 17 heavy (non-hydrogen) atoms. The molecule has 1 aliphatic rings. The van der Waals surface area contributed by atoms with Crippen LogP contribution in [0.2, 0.25) is 0 Å². The SMILES string of the molecule is Cc1cc(S(=O)(=O)NC2CCNC2)ccc1Br. The number of nitrogens with one attached hydrogen (secondary N) is 2. The minimum Gasteiger partial charge on any atom is -0.315 e. The molecule has 0 aromatic heterocycles. The predicted molar refractivity (Wildman–Crippen MR) is 70.5 cm³/mol. The summed E-state index contributed by atoms with van der Waals surface area (Å²) in [6.07, 6.45) is 0.842. The van der Waals surface area contributed by atoms with Crippen LogP contribution in [0.15, 0.2) is 27.6 Å². The summed E-state index contributed by atoms with van der Waals surface area (Å²) in [5.41, 5.74) is 0.914. The zero-order valence-corrected chi connectivity index (χ0v) is 11.9. The van der Waals surface area contributed by atoms with Gasteiger partial charge in [0, 0.05) is 17.1 Å². The van der Waals surface area contributed by atoms with Crippen molar-refractivity contribution in [2.75, 3.05) is 13.1 Å². The Kier molecular flexibility index (Phi) is 3.87. The van der Waals surface area contributed by atoms with E-state index in [1.54, 1.807) is 18.2 Å². The van der Waals surface area contributed by atoms with Crippen LogP contribution in [0.3, 0.4) is 0 Å². The first kappa shape index (κ1) is 13.0. The Balaban J connectivity index is 2.21. The zero-order chi connectivity index (χ0) is 12.5. The summed E-state index contributed by atoms with van der Waals surface area (Å²) in [6.45, 7) is 3.45. The van der Waals surface area contributed by atoms with Crippen molar-refractivity contribution in [2.45, 2.75) is 24.3 Å². The van der Waals surface area contributed by atoms with Gasteiger partial charge in [-0.2, -0.15) is 0 Å². The molecule has 1 aliphatic heterocycles. The van der Waals surface area contributed by atoms with E-state index in [0.29, 0.717) is 11.4 Å². The molecule has 0 radical (unpaired) electrons. The zero-order valence-electron chi connectivity index (χ0n) is 9.53. The number of rotatable bonds is 3. The monoisotopic (exact) mass is 318 g/mol. The van der Waals surface area contributed by atoms with Crippen LogP contribution >= 0.6 is 15.9 Å².